The van der Waals surface area contributed by atoms with Crippen molar-refractivity contribution in [2.75, 3.05) is 14.2 Å². The molecule has 154 valence electrons. The van der Waals surface area contributed by atoms with Crippen molar-refractivity contribution in [3.63, 3.8) is 0 Å². The molecule has 0 spiro atoms. The van der Waals surface area contributed by atoms with E-state index >= 15 is 0 Å². The normalized spacial score (nSPS) is 16.4. The minimum Gasteiger partial charge on any atom is -0.496 e. The van der Waals surface area contributed by atoms with E-state index in [-0.39, 0.29) is 30.0 Å². The van der Waals surface area contributed by atoms with Gasteiger partial charge in [-0.15, -0.1) is 24.0 Å². The molecular weight excluding hydrogens is 491 g/mol. The van der Waals surface area contributed by atoms with Gasteiger partial charge in [-0.2, -0.15) is 5.10 Å². The number of nitrogens with one attached hydrogen (secondary N) is 2. The van der Waals surface area contributed by atoms with Gasteiger partial charge < -0.3 is 15.4 Å². The lowest BCUT2D eigenvalue weighted by Gasteiger charge is -2.25. The minimum absolute atomic E-state index is 0. The number of aliphatic imine (C=N–C) groups is 1. The molecule has 1 atom stereocenters. The summed E-state index contributed by atoms with van der Waals surface area (Å²) >= 11 is 6.03. The predicted molar refractivity (Wildman–Crippen MR) is 123 cm³/mol. The maximum Gasteiger partial charge on any atom is 0.191 e. The van der Waals surface area contributed by atoms with E-state index in [2.05, 4.69) is 39.6 Å². The highest BCUT2D eigenvalue weighted by Crippen LogP contribution is 2.23. The van der Waals surface area contributed by atoms with Crippen LogP contribution in [0.25, 0.3) is 0 Å². The summed E-state index contributed by atoms with van der Waals surface area (Å²) in [4.78, 5) is 8.98. The molecule has 1 aliphatic rings. The molecule has 0 amide bonds. The molecule has 28 heavy (non-hydrogen) atoms. The number of nitrogens with zero attached hydrogens (tertiary/aromatic N) is 4. The zero-order valence-electron chi connectivity index (χ0n) is 16.7. The number of guanidine groups is 1. The maximum absolute atomic E-state index is 6.03. The maximum atomic E-state index is 6.03. The fourth-order valence-electron chi connectivity index (χ4n) is 3.12. The summed E-state index contributed by atoms with van der Waals surface area (Å²) in [5.74, 6) is 3.85. The van der Waals surface area contributed by atoms with Crippen LogP contribution in [0.1, 0.15) is 43.4 Å². The molecule has 1 aromatic heterocycles. The van der Waals surface area contributed by atoms with Crippen LogP contribution in [-0.2, 0) is 19.5 Å². The Morgan fingerprint density at radius 2 is 2.21 bits per heavy atom. The lowest BCUT2D eigenvalue weighted by molar-refractivity contribution is 0.391. The summed E-state index contributed by atoms with van der Waals surface area (Å²) < 4.78 is 7.42. The molecule has 3 rings (SSSR count). The Balaban J connectivity index is 0.00000280. The van der Waals surface area contributed by atoms with Crippen LogP contribution in [0.15, 0.2) is 23.2 Å². The van der Waals surface area contributed by atoms with Gasteiger partial charge in [0, 0.05) is 42.6 Å². The summed E-state index contributed by atoms with van der Waals surface area (Å²) in [5.41, 5.74) is 1.02. The van der Waals surface area contributed by atoms with Crippen LogP contribution in [0.3, 0.4) is 0 Å². The van der Waals surface area contributed by atoms with Crippen molar-refractivity contribution in [1.82, 2.24) is 25.4 Å². The number of rotatable bonds is 5. The Kier molecular flexibility index (Phi) is 8.36. The lowest BCUT2D eigenvalue weighted by Crippen LogP contribution is -2.46. The van der Waals surface area contributed by atoms with Gasteiger partial charge in [-0.3, -0.25) is 4.99 Å². The van der Waals surface area contributed by atoms with E-state index in [1.54, 1.807) is 14.2 Å². The molecule has 2 N–H and O–H groups in total. The molecule has 7 nitrogen and oxygen atoms in total. The second kappa shape index (κ2) is 10.3. The van der Waals surface area contributed by atoms with Crippen LogP contribution in [-0.4, -0.2) is 40.9 Å². The van der Waals surface area contributed by atoms with Gasteiger partial charge in [0.25, 0.3) is 0 Å². The van der Waals surface area contributed by atoms with Gasteiger partial charge in [-0.05, 0) is 18.6 Å². The number of hydrogen-bond acceptors (Lipinski definition) is 4. The van der Waals surface area contributed by atoms with Gasteiger partial charge in [0.2, 0.25) is 0 Å². The zero-order chi connectivity index (χ0) is 19.4. The first kappa shape index (κ1) is 22.7. The molecule has 1 aromatic carbocycles. The van der Waals surface area contributed by atoms with E-state index in [4.69, 9.17) is 16.3 Å². The number of aromatic nitrogens is 3. The topological polar surface area (TPSA) is 76.4 Å². The predicted octanol–water partition coefficient (Wildman–Crippen LogP) is 3.36. The number of halogens is 2. The second-order valence-electron chi connectivity index (χ2n) is 6.98. The summed E-state index contributed by atoms with van der Waals surface area (Å²) in [6, 6.07) is 5.89. The molecule has 0 fully saturated rings. The highest BCUT2D eigenvalue weighted by Gasteiger charge is 2.23. The molecule has 0 saturated carbocycles. The van der Waals surface area contributed by atoms with E-state index in [1.807, 2.05) is 22.9 Å². The van der Waals surface area contributed by atoms with Gasteiger partial charge in [0.1, 0.15) is 11.6 Å². The number of hydrogen-bond donors (Lipinski definition) is 2. The standard InChI is InChI=1S/C19H27ClN6O.HI/c1-12(2)18-24-17-8-7-15(11-26(17)25-18)23-19(21-3)22-10-13-5-6-14(20)9-16(13)27-4;/h5-6,9,12,15H,7-8,10-11H2,1-4H3,(H2,21,22,23);1H. The molecule has 0 saturated heterocycles. The van der Waals surface area contributed by atoms with Crippen LogP contribution >= 0.6 is 35.6 Å². The summed E-state index contributed by atoms with van der Waals surface area (Å²) in [7, 11) is 3.42. The third-order valence-electron chi connectivity index (χ3n) is 4.65. The molecule has 1 aliphatic heterocycles. The number of aryl methyl sites for hydroxylation is 1. The Morgan fingerprint density at radius 1 is 1.43 bits per heavy atom. The van der Waals surface area contributed by atoms with Gasteiger partial charge in [-0.1, -0.05) is 31.5 Å². The monoisotopic (exact) mass is 518 g/mol. The SMILES string of the molecule is CN=C(NCc1ccc(Cl)cc1OC)NC1CCc2nc(C(C)C)nn2C1.I. The molecule has 2 heterocycles. The van der Waals surface area contributed by atoms with Crippen molar-refractivity contribution in [3.05, 3.63) is 40.4 Å². The van der Waals surface area contributed by atoms with Crippen molar-refractivity contribution in [1.29, 1.82) is 0 Å². The van der Waals surface area contributed by atoms with Crippen LogP contribution in [0, 0.1) is 0 Å². The number of methoxy groups -OCH3 is 1. The van der Waals surface area contributed by atoms with Crippen molar-refractivity contribution in [3.8, 4) is 5.75 Å². The van der Waals surface area contributed by atoms with Crippen molar-refractivity contribution < 1.29 is 4.74 Å². The van der Waals surface area contributed by atoms with Crippen molar-refractivity contribution in [2.45, 2.75) is 51.7 Å². The van der Waals surface area contributed by atoms with Crippen molar-refractivity contribution in [2.24, 2.45) is 4.99 Å². The molecule has 0 radical (unpaired) electrons. The van der Waals surface area contributed by atoms with Gasteiger partial charge in [-0.25, -0.2) is 9.67 Å². The van der Waals surface area contributed by atoms with E-state index in [1.165, 1.54) is 0 Å². The summed E-state index contributed by atoms with van der Waals surface area (Å²) in [6.45, 7) is 5.63. The van der Waals surface area contributed by atoms with Gasteiger partial charge in [0.05, 0.1) is 13.7 Å². The van der Waals surface area contributed by atoms with Crippen LogP contribution in [0.2, 0.25) is 5.02 Å². The van der Waals surface area contributed by atoms with E-state index in [0.717, 1.165) is 48.3 Å². The highest BCUT2D eigenvalue weighted by molar-refractivity contribution is 14.0. The molecule has 2 aromatic rings. The average molecular weight is 519 g/mol. The first-order valence-electron chi connectivity index (χ1n) is 9.23. The van der Waals surface area contributed by atoms with Gasteiger partial charge in [0.15, 0.2) is 11.8 Å². The van der Waals surface area contributed by atoms with Gasteiger partial charge >= 0.3 is 0 Å². The number of fused-ring (bicyclic) bond motifs is 1. The average Bonchev–Trinajstić information content (AvgIpc) is 3.09. The molecular formula is C19H28ClIN6O. The zero-order valence-corrected chi connectivity index (χ0v) is 19.8. The third kappa shape index (κ3) is 5.50. The third-order valence-corrected chi connectivity index (χ3v) is 4.89. The van der Waals surface area contributed by atoms with Crippen LogP contribution in [0.4, 0.5) is 0 Å². The summed E-state index contributed by atoms with van der Waals surface area (Å²) in [6.07, 6.45) is 1.92. The first-order chi connectivity index (χ1) is 13.0. The Bertz CT molecular complexity index is 823. The summed E-state index contributed by atoms with van der Waals surface area (Å²) in [5, 5.41) is 12.1. The fourth-order valence-corrected chi connectivity index (χ4v) is 3.28. The minimum atomic E-state index is 0. The van der Waals surface area contributed by atoms with E-state index in [0.29, 0.717) is 17.5 Å². The Hall–Kier alpha value is -1.55. The van der Waals surface area contributed by atoms with Crippen LogP contribution < -0.4 is 15.4 Å². The highest BCUT2D eigenvalue weighted by atomic mass is 127. The quantitative estimate of drug-likeness (QED) is 0.361. The molecule has 0 bridgehead atoms. The van der Waals surface area contributed by atoms with E-state index < -0.39 is 0 Å². The molecule has 9 heteroatoms. The Morgan fingerprint density at radius 3 is 2.89 bits per heavy atom. The molecule has 1 unspecified atom stereocenters. The molecule has 0 aliphatic carbocycles. The fraction of sp³-hybridized carbons (Fsp3) is 0.526. The smallest absolute Gasteiger partial charge is 0.191 e. The second-order valence-corrected chi connectivity index (χ2v) is 7.42. The lowest BCUT2D eigenvalue weighted by atomic mass is 10.1. The first-order valence-corrected chi connectivity index (χ1v) is 9.61. The van der Waals surface area contributed by atoms with Crippen molar-refractivity contribution >= 4 is 41.5 Å². The largest absolute Gasteiger partial charge is 0.496 e. The van der Waals surface area contributed by atoms with E-state index in [9.17, 15) is 0 Å². The van der Waals surface area contributed by atoms with Crippen LogP contribution in [0.5, 0.6) is 5.75 Å². The Labute approximate surface area is 188 Å². The number of benzene rings is 1. The number of ether oxygens (including phenoxy) is 1.